The van der Waals surface area contributed by atoms with Gasteiger partial charge in [0.05, 0.1) is 0 Å². The van der Waals surface area contributed by atoms with E-state index in [9.17, 15) is 0 Å². The number of rotatable bonds is 16. The molecule has 0 aliphatic carbocycles. The minimum Gasteiger partial charge on any atom is -0.197 e. The van der Waals surface area contributed by atoms with Crippen LogP contribution in [0.5, 0.6) is 0 Å². The van der Waals surface area contributed by atoms with E-state index >= 15 is 0 Å². The zero-order valence-electron chi connectivity index (χ0n) is 30.9. The summed E-state index contributed by atoms with van der Waals surface area (Å²) in [7, 11) is 0. The molecule has 6 rings (SSSR count). The van der Waals surface area contributed by atoms with Crippen LogP contribution in [0.2, 0.25) is 8.87 Å². The normalized spacial score (nSPS) is 11.2. The standard InChI is InChI=1S/6C6H5.2C6H13.H2S.2Sn/c6*1-2-4-6-5-3-1;2*1-3-5-6-4-2;;;/h6*1-5H;2*1,3-6H2,2H3;1H2;;. The molecule has 0 bridgehead atoms. The molecule has 0 nitrogen and oxygen atoms in total. The first-order chi connectivity index (χ1) is 24.8. The van der Waals surface area contributed by atoms with Crippen LogP contribution in [0.3, 0.4) is 0 Å². The monoisotopic (exact) mass is 906 g/mol. The van der Waals surface area contributed by atoms with Gasteiger partial charge in [0.25, 0.3) is 0 Å². The molecule has 0 amide bonds. The summed E-state index contributed by atoms with van der Waals surface area (Å²) in [5, 5.41) is 0. The van der Waals surface area contributed by atoms with E-state index in [1.54, 1.807) is 21.5 Å². The smallest absolute Gasteiger partial charge is 0.197 e. The maximum Gasteiger partial charge on any atom is -0.197 e. The van der Waals surface area contributed by atoms with Gasteiger partial charge >= 0.3 is 314 Å². The first-order valence-corrected chi connectivity index (χ1v) is 31.7. The second-order valence-corrected chi connectivity index (χ2v) is 36.7. The summed E-state index contributed by atoms with van der Waals surface area (Å²) < 4.78 is 12.3. The Bertz CT molecular complexity index is 1420. The first-order valence-electron chi connectivity index (χ1n) is 19.1. The molecule has 51 heavy (non-hydrogen) atoms. The molecule has 0 saturated heterocycles. The van der Waals surface area contributed by atoms with Crippen LogP contribution in [0.1, 0.15) is 65.2 Å². The second kappa shape index (κ2) is 22.4. The van der Waals surface area contributed by atoms with Crippen molar-refractivity contribution in [2.45, 2.75) is 74.1 Å². The van der Waals surface area contributed by atoms with E-state index in [0.717, 1.165) is 0 Å². The van der Waals surface area contributed by atoms with Crippen molar-refractivity contribution in [2.24, 2.45) is 0 Å². The van der Waals surface area contributed by atoms with Gasteiger partial charge in [0.2, 0.25) is 0 Å². The predicted octanol–water partition coefficient (Wildman–Crippen LogP) is 9.59. The largest absolute Gasteiger partial charge is 0.197 e. The number of unbranched alkanes of at least 4 members (excludes halogenated alkanes) is 6. The molecule has 6 aromatic carbocycles. The van der Waals surface area contributed by atoms with E-state index in [0.29, 0.717) is 0 Å². The number of benzene rings is 6. The fraction of sp³-hybridized carbons (Fsp3) is 0.250. The maximum atomic E-state index is 2.38. The van der Waals surface area contributed by atoms with Crippen molar-refractivity contribution in [1.29, 1.82) is 0 Å². The topological polar surface area (TPSA) is 0 Å². The third kappa shape index (κ3) is 10.7. The molecular formula is C48H58SSn2. The van der Waals surface area contributed by atoms with E-state index in [2.05, 4.69) is 196 Å². The number of hydrogen-bond acceptors (Lipinski definition) is 0. The van der Waals surface area contributed by atoms with Crippen molar-refractivity contribution in [1.82, 2.24) is 0 Å². The van der Waals surface area contributed by atoms with Crippen LogP contribution in [0.15, 0.2) is 182 Å². The minimum absolute atomic E-state index is 0. The Kier molecular flexibility index (Phi) is 18.0. The zero-order valence-corrected chi connectivity index (χ0v) is 37.6. The average molecular weight is 904 g/mol. The molecule has 0 N–H and O–H groups in total. The Labute approximate surface area is 325 Å². The van der Waals surface area contributed by atoms with Crippen molar-refractivity contribution in [3.8, 4) is 0 Å². The SMILES string of the molecule is CCCCC[CH2][Sn]([c]1ccccc1)([c]1ccccc1)[c]1ccccc1.CCCCC[CH2][Sn]([c]1ccccc1)([c]1ccccc1)[c]1ccccc1.S. The van der Waals surface area contributed by atoms with Gasteiger partial charge in [0, 0.05) is 0 Å². The Morgan fingerprint density at radius 2 is 0.471 bits per heavy atom. The molecule has 0 spiro atoms. The van der Waals surface area contributed by atoms with E-state index in [-0.39, 0.29) is 13.5 Å². The van der Waals surface area contributed by atoms with Gasteiger partial charge in [-0.25, -0.2) is 0 Å². The van der Waals surface area contributed by atoms with E-state index in [1.807, 2.05) is 0 Å². The van der Waals surface area contributed by atoms with Crippen molar-refractivity contribution in [2.75, 3.05) is 0 Å². The Morgan fingerprint density at radius 3 is 0.647 bits per heavy atom. The predicted molar refractivity (Wildman–Crippen MR) is 236 cm³/mol. The van der Waals surface area contributed by atoms with Gasteiger partial charge in [-0.2, -0.15) is 13.5 Å². The summed E-state index contributed by atoms with van der Waals surface area (Å²) in [4.78, 5) is 0. The van der Waals surface area contributed by atoms with Crippen LogP contribution in [-0.2, 0) is 0 Å². The zero-order chi connectivity index (χ0) is 34.7. The third-order valence-electron chi connectivity index (χ3n) is 10.4. The molecule has 0 aromatic heterocycles. The molecule has 0 aliphatic rings. The van der Waals surface area contributed by atoms with Gasteiger partial charge in [-0.05, 0) is 0 Å². The fourth-order valence-corrected chi connectivity index (χ4v) is 36.0. The van der Waals surface area contributed by atoms with Gasteiger partial charge in [0.15, 0.2) is 0 Å². The van der Waals surface area contributed by atoms with Crippen molar-refractivity contribution in [3.05, 3.63) is 182 Å². The fourth-order valence-electron chi connectivity index (χ4n) is 7.84. The van der Waals surface area contributed by atoms with Gasteiger partial charge < -0.3 is 0 Å². The molecule has 264 valence electrons. The van der Waals surface area contributed by atoms with Crippen molar-refractivity contribution >= 4 is 71.7 Å². The third-order valence-corrected chi connectivity index (χ3v) is 39.3. The van der Waals surface area contributed by atoms with E-state index in [4.69, 9.17) is 0 Å². The van der Waals surface area contributed by atoms with Crippen LogP contribution in [0.4, 0.5) is 0 Å². The summed E-state index contributed by atoms with van der Waals surface area (Å²) in [6, 6.07) is 68.1. The van der Waals surface area contributed by atoms with Crippen LogP contribution < -0.4 is 21.5 Å². The molecule has 0 heterocycles. The molecule has 0 aliphatic heterocycles. The summed E-state index contributed by atoms with van der Waals surface area (Å²) in [5.74, 6) is 0. The Hall–Kier alpha value is -2.73. The van der Waals surface area contributed by atoms with E-state index in [1.165, 1.54) is 60.2 Å². The van der Waals surface area contributed by atoms with Gasteiger partial charge in [-0.15, -0.1) is 0 Å². The molecule has 0 fully saturated rings. The minimum atomic E-state index is -2.95. The molecule has 6 aromatic rings. The molecule has 0 atom stereocenters. The molecule has 0 radical (unpaired) electrons. The molecule has 0 unspecified atom stereocenters. The van der Waals surface area contributed by atoms with Crippen LogP contribution in [0.25, 0.3) is 0 Å². The van der Waals surface area contributed by atoms with Crippen LogP contribution in [-0.4, -0.2) is 36.8 Å². The Morgan fingerprint density at radius 1 is 0.275 bits per heavy atom. The summed E-state index contributed by atoms with van der Waals surface area (Å²) in [6.45, 7) is 4.59. The van der Waals surface area contributed by atoms with E-state index < -0.39 is 36.8 Å². The van der Waals surface area contributed by atoms with Gasteiger partial charge in [0.1, 0.15) is 0 Å². The van der Waals surface area contributed by atoms with Gasteiger partial charge in [-0.3, -0.25) is 0 Å². The molecular weight excluding hydrogens is 846 g/mol. The van der Waals surface area contributed by atoms with Crippen molar-refractivity contribution < 1.29 is 0 Å². The quantitative estimate of drug-likeness (QED) is 0.0671. The Balaban J connectivity index is 0.000000224. The van der Waals surface area contributed by atoms with Crippen LogP contribution >= 0.6 is 13.5 Å². The number of hydrogen-bond donors (Lipinski definition) is 0. The van der Waals surface area contributed by atoms with Crippen LogP contribution in [0, 0.1) is 0 Å². The van der Waals surface area contributed by atoms with Crippen molar-refractivity contribution in [3.63, 3.8) is 0 Å². The van der Waals surface area contributed by atoms with Gasteiger partial charge in [-0.1, -0.05) is 0 Å². The first kappa shape index (κ1) is 41.0. The summed E-state index contributed by atoms with van der Waals surface area (Å²) in [5.41, 5.74) is 0. The maximum absolute atomic E-state index is 2.95. The molecule has 0 saturated carbocycles. The summed E-state index contributed by atoms with van der Waals surface area (Å²) >= 11 is -5.90. The molecule has 3 heteroatoms. The average Bonchev–Trinajstić information content (AvgIpc) is 3.20. The second-order valence-electron chi connectivity index (χ2n) is 13.6. The summed E-state index contributed by atoms with van der Waals surface area (Å²) in [6.07, 6.45) is 10.7.